The van der Waals surface area contributed by atoms with Crippen LogP contribution in [0.5, 0.6) is 0 Å². The molecule has 9 nitrogen and oxygen atoms in total. The van der Waals surface area contributed by atoms with Crippen LogP contribution in [0.1, 0.15) is 65.1 Å². The van der Waals surface area contributed by atoms with Crippen LogP contribution in [-0.4, -0.2) is 62.5 Å². The lowest BCUT2D eigenvalue weighted by Gasteiger charge is -2.36. The summed E-state index contributed by atoms with van der Waals surface area (Å²) in [6.07, 6.45) is -8.22. The number of anilines is 2. The fraction of sp³-hybridized carbons (Fsp3) is 0.533. The van der Waals surface area contributed by atoms with Crippen LogP contribution in [0.4, 0.5) is 42.8 Å². The average molecular weight is 640 g/mol. The van der Waals surface area contributed by atoms with E-state index in [1.807, 2.05) is 19.9 Å². The third kappa shape index (κ3) is 7.28. The largest absolute Gasteiger partial charge is 0.465 e. The number of carbonyl (C=O) groups is 1. The van der Waals surface area contributed by atoms with Gasteiger partial charge in [-0.25, -0.2) is 4.79 Å². The van der Waals surface area contributed by atoms with E-state index in [-0.39, 0.29) is 30.0 Å². The highest BCUT2D eigenvalue weighted by molar-refractivity contribution is 5.65. The van der Waals surface area contributed by atoms with E-state index in [0.29, 0.717) is 39.0 Å². The summed E-state index contributed by atoms with van der Waals surface area (Å²) in [7, 11) is 1.54. The Morgan fingerprint density at radius 2 is 1.60 bits per heavy atom. The molecular formula is C30H35F6N7O2. The number of amides is 1. The molecule has 0 aliphatic carbocycles. The SMILES string of the molecule is Cc1cc(C)c2c(c1)C(N(Cc1cc(C(F)(F)F)cc(C(F)(F)F)c1)c1nnn(C)n1)CCCN2CC1CCN(C(=O)O)CC1. The normalized spacial score (nSPS) is 18.1. The molecule has 1 saturated heterocycles. The number of alkyl halides is 6. The zero-order chi connectivity index (χ0) is 32.7. The van der Waals surface area contributed by atoms with Crippen LogP contribution in [0.3, 0.4) is 0 Å². The smallest absolute Gasteiger partial charge is 0.416 e. The van der Waals surface area contributed by atoms with Gasteiger partial charge in [0.25, 0.3) is 5.95 Å². The highest BCUT2D eigenvalue weighted by Crippen LogP contribution is 2.43. The van der Waals surface area contributed by atoms with Crippen molar-refractivity contribution in [3.63, 3.8) is 0 Å². The van der Waals surface area contributed by atoms with Gasteiger partial charge < -0.3 is 19.8 Å². The van der Waals surface area contributed by atoms with Gasteiger partial charge in [0.15, 0.2) is 0 Å². The maximum absolute atomic E-state index is 13.7. The first-order valence-electron chi connectivity index (χ1n) is 14.7. The first kappa shape index (κ1) is 32.4. The summed E-state index contributed by atoms with van der Waals surface area (Å²) in [6.45, 7) is 5.90. The van der Waals surface area contributed by atoms with Crippen LogP contribution in [0, 0.1) is 19.8 Å². The lowest BCUT2D eigenvalue weighted by Crippen LogP contribution is -2.41. The molecule has 2 aliphatic rings. The van der Waals surface area contributed by atoms with E-state index in [2.05, 4.69) is 26.4 Å². The number of carboxylic acid groups (broad SMARTS) is 1. The quantitative estimate of drug-likeness (QED) is 0.304. The van der Waals surface area contributed by atoms with E-state index in [4.69, 9.17) is 0 Å². The van der Waals surface area contributed by atoms with Crippen LogP contribution in [0.25, 0.3) is 0 Å². The van der Waals surface area contributed by atoms with Crippen molar-refractivity contribution in [2.24, 2.45) is 13.0 Å². The molecule has 1 N–H and O–H groups in total. The van der Waals surface area contributed by atoms with Gasteiger partial charge in [-0.05, 0) is 85.6 Å². The summed E-state index contributed by atoms with van der Waals surface area (Å²) in [5.41, 5.74) is 0.839. The van der Waals surface area contributed by atoms with Gasteiger partial charge in [0.05, 0.1) is 24.2 Å². The lowest BCUT2D eigenvalue weighted by atomic mass is 9.93. The van der Waals surface area contributed by atoms with Gasteiger partial charge >= 0.3 is 18.4 Å². The Morgan fingerprint density at radius 1 is 0.956 bits per heavy atom. The summed E-state index contributed by atoms with van der Waals surface area (Å²) < 4.78 is 82.4. The number of benzene rings is 2. The standard InChI is InChI=1S/C30H35F6N7O2/c1-18-11-19(2)26-24(12-18)25(5-4-8-42(26)16-20-6-9-41(10-7-20)28(44)45)43(27-37-39-40(3)38-27)17-21-13-22(29(31,32)33)15-23(14-21)30(34,35)36/h11-15,20,25H,4-10,16-17H2,1-3H3,(H,44,45). The molecule has 0 radical (unpaired) electrons. The molecule has 1 unspecified atom stereocenters. The van der Waals surface area contributed by atoms with Crippen LogP contribution in [0.15, 0.2) is 30.3 Å². The molecule has 0 bridgehead atoms. The van der Waals surface area contributed by atoms with E-state index in [0.717, 1.165) is 47.4 Å². The van der Waals surface area contributed by atoms with Crippen molar-refractivity contribution in [1.82, 2.24) is 25.1 Å². The number of rotatable bonds is 6. The molecule has 3 heterocycles. The van der Waals surface area contributed by atoms with Crippen LogP contribution >= 0.6 is 0 Å². The van der Waals surface area contributed by atoms with E-state index in [9.17, 15) is 36.2 Å². The number of tetrazole rings is 1. The van der Waals surface area contributed by atoms with Gasteiger partial charge in [-0.2, -0.15) is 31.1 Å². The summed E-state index contributed by atoms with van der Waals surface area (Å²) in [5.74, 6) is 0.349. The molecule has 0 spiro atoms. The summed E-state index contributed by atoms with van der Waals surface area (Å²) >= 11 is 0. The van der Waals surface area contributed by atoms with Crippen molar-refractivity contribution >= 4 is 17.7 Å². The number of fused-ring (bicyclic) bond motifs is 1. The molecule has 244 valence electrons. The molecule has 2 aliphatic heterocycles. The highest BCUT2D eigenvalue weighted by atomic mass is 19.4. The van der Waals surface area contributed by atoms with Crippen LogP contribution < -0.4 is 9.80 Å². The van der Waals surface area contributed by atoms with E-state index >= 15 is 0 Å². The number of likely N-dealkylation sites (tertiary alicyclic amines) is 1. The number of nitrogens with zero attached hydrogens (tertiary/aromatic N) is 7. The fourth-order valence-corrected chi connectivity index (χ4v) is 6.56. The number of hydrogen-bond acceptors (Lipinski definition) is 6. The monoisotopic (exact) mass is 639 g/mol. The highest BCUT2D eigenvalue weighted by Gasteiger charge is 2.38. The molecule has 1 amide bonds. The van der Waals surface area contributed by atoms with Gasteiger partial charge in [-0.1, -0.05) is 22.8 Å². The molecule has 1 atom stereocenters. The molecular weight excluding hydrogens is 604 g/mol. The number of aryl methyl sites for hydroxylation is 3. The molecule has 5 rings (SSSR count). The fourth-order valence-electron chi connectivity index (χ4n) is 6.56. The van der Waals surface area contributed by atoms with Crippen molar-refractivity contribution in [2.75, 3.05) is 36.0 Å². The first-order chi connectivity index (χ1) is 21.1. The topological polar surface area (TPSA) is 90.6 Å². The van der Waals surface area contributed by atoms with Crippen molar-refractivity contribution in [2.45, 2.75) is 64.5 Å². The molecule has 1 fully saturated rings. The minimum absolute atomic E-state index is 0.0908. The zero-order valence-corrected chi connectivity index (χ0v) is 25.2. The predicted molar refractivity (Wildman–Crippen MR) is 154 cm³/mol. The van der Waals surface area contributed by atoms with Crippen LogP contribution in [-0.2, 0) is 25.9 Å². The van der Waals surface area contributed by atoms with Gasteiger partial charge in [0.2, 0.25) is 0 Å². The summed E-state index contributed by atoms with van der Waals surface area (Å²) in [4.78, 5) is 18.0. The Bertz CT molecular complexity index is 1500. The van der Waals surface area contributed by atoms with Gasteiger partial charge in [0.1, 0.15) is 0 Å². The Kier molecular flexibility index (Phi) is 8.91. The van der Waals surface area contributed by atoms with Crippen molar-refractivity contribution in [1.29, 1.82) is 0 Å². The Balaban J connectivity index is 1.55. The van der Waals surface area contributed by atoms with E-state index in [1.54, 1.807) is 4.90 Å². The Hall–Kier alpha value is -4.04. The molecule has 3 aromatic rings. The average Bonchev–Trinajstić information content (AvgIpc) is 3.30. The second-order valence-electron chi connectivity index (χ2n) is 12.0. The van der Waals surface area contributed by atoms with Gasteiger partial charge in [-0.15, -0.1) is 5.10 Å². The van der Waals surface area contributed by atoms with Gasteiger partial charge in [-0.3, -0.25) is 0 Å². The molecule has 45 heavy (non-hydrogen) atoms. The number of hydrogen-bond donors (Lipinski definition) is 1. The molecule has 2 aromatic carbocycles. The third-order valence-electron chi connectivity index (χ3n) is 8.55. The molecule has 1 aromatic heterocycles. The zero-order valence-electron chi connectivity index (χ0n) is 25.2. The number of aromatic nitrogens is 4. The first-order valence-corrected chi connectivity index (χ1v) is 14.7. The Labute approximate surface area is 256 Å². The van der Waals surface area contributed by atoms with Crippen LogP contribution in [0.2, 0.25) is 0 Å². The van der Waals surface area contributed by atoms with Crippen molar-refractivity contribution < 1.29 is 36.2 Å². The maximum Gasteiger partial charge on any atom is 0.416 e. The summed E-state index contributed by atoms with van der Waals surface area (Å²) in [6, 6.07) is 5.19. The maximum atomic E-state index is 13.7. The molecule has 0 saturated carbocycles. The Morgan fingerprint density at radius 3 is 2.16 bits per heavy atom. The number of halogens is 6. The lowest BCUT2D eigenvalue weighted by molar-refractivity contribution is -0.143. The minimum Gasteiger partial charge on any atom is -0.465 e. The second-order valence-corrected chi connectivity index (χ2v) is 12.0. The second kappa shape index (κ2) is 12.4. The van der Waals surface area contributed by atoms with E-state index in [1.165, 1.54) is 16.7 Å². The minimum atomic E-state index is -4.98. The van der Waals surface area contributed by atoms with Crippen molar-refractivity contribution in [3.8, 4) is 0 Å². The van der Waals surface area contributed by atoms with E-state index < -0.39 is 35.6 Å². The summed E-state index contributed by atoms with van der Waals surface area (Å²) in [5, 5.41) is 21.7. The number of piperidine rings is 1. The van der Waals surface area contributed by atoms with Gasteiger partial charge in [0, 0.05) is 38.4 Å². The third-order valence-corrected chi connectivity index (χ3v) is 8.55. The molecule has 15 heteroatoms. The predicted octanol–water partition coefficient (Wildman–Crippen LogP) is 6.60. The van der Waals surface area contributed by atoms with Crippen molar-refractivity contribution in [3.05, 3.63) is 63.7 Å².